The van der Waals surface area contributed by atoms with E-state index in [9.17, 15) is 10.1 Å². The van der Waals surface area contributed by atoms with Gasteiger partial charge in [0.2, 0.25) is 5.75 Å². The average Bonchev–Trinajstić information content (AvgIpc) is 3.30. The molecule has 3 aromatic rings. The lowest BCUT2D eigenvalue weighted by Crippen LogP contribution is -1.96. The molecule has 0 fully saturated rings. The largest absolute Gasteiger partial charge is 0.493 e. The lowest BCUT2D eigenvalue weighted by molar-refractivity contribution is -0.380. The number of methoxy groups -OCH3 is 4. The van der Waals surface area contributed by atoms with Crippen LogP contribution in [0.3, 0.4) is 0 Å². The highest BCUT2D eigenvalue weighted by Gasteiger charge is 2.13. The summed E-state index contributed by atoms with van der Waals surface area (Å²) in [4.78, 5) is 11.2. The van der Waals surface area contributed by atoms with Gasteiger partial charge in [-0.1, -0.05) is 29.6 Å². The SMILES string of the molecule is COc1ccc(/C=C\c2cc(OC)c(OC)c(OC)c2)cc1OCc1ccc([N+](=O)[O-])s1. The molecule has 168 valence electrons. The number of hydrogen-bond acceptors (Lipinski definition) is 8. The van der Waals surface area contributed by atoms with E-state index in [-0.39, 0.29) is 11.6 Å². The summed E-state index contributed by atoms with van der Waals surface area (Å²) in [6, 6.07) is 12.4. The first-order chi connectivity index (χ1) is 15.5. The van der Waals surface area contributed by atoms with Crippen molar-refractivity contribution < 1.29 is 28.6 Å². The van der Waals surface area contributed by atoms with Crippen LogP contribution in [0.25, 0.3) is 12.2 Å². The third-order valence-electron chi connectivity index (χ3n) is 4.54. The van der Waals surface area contributed by atoms with Gasteiger partial charge in [0.05, 0.1) is 33.4 Å². The Morgan fingerprint density at radius 1 is 0.812 bits per heavy atom. The second-order valence-corrected chi connectivity index (χ2v) is 7.63. The van der Waals surface area contributed by atoms with E-state index < -0.39 is 4.92 Å². The normalized spacial score (nSPS) is 10.8. The third kappa shape index (κ3) is 5.30. The minimum atomic E-state index is -0.413. The molecule has 0 atom stereocenters. The first-order valence-corrected chi connectivity index (χ1v) is 10.3. The molecule has 0 aliphatic rings. The first-order valence-electron chi connectivity index (χ1n) is 9.51. The first kappa shape index (κ1) is 23.0. The van der Waals surface area contributed by atoms with Gasteiger partial charge in [0, 0.05) is 10.9 Å². The van der Waals surface area contributed by atoms with Gasteiger partial charge in [-0.15, -0.1) is 0 Å². The number of hydrogen-bond donors (Lipinski definition) is 0. The predicted molar refractivity (Wildman–Crippen MR) is 123 cm³/mol. The standard InChI is InChI=1S/C23H23NO7S/c1-27-18-9-7-15(11-19(18)31-14-17-8-10-22(32-17)24(25)26)5-6-16-12-20(28-2)23(30-4)21(13-16)29-3/h5-13H,14H2,1-4H3/b6-5-. The van der Waals surface area contributed by atoms with Crippen LogP contribution in [0.2, 0.25) is 0 Å². The summed E-state index contributed by atoms with van der Waals surface area (Å²) in [5.74, 6) is 2.77. The molecule has 0 bridgehead atoms. The lowest BCUT2D eigenvalue weighted by atomic mass is 10.1. The molecule has 0 unspecified atom stereocenters. The summed E-state index contributed by atoms with van der Waals surface area (Å²) in [5, 5.41) is 10.9. The Labute approximate surface area is 189 Å². The van der Waals surface area contributed by atoms with Gasteiger partial charge in [0.15, 0.2) is 23.0 Å². The molecule has 0 radical (unpaired) electrons. The molecule has 0 saturated heterocycles. The monoisotopic (exact) mass is 457 g/mol. The Kier molecular flexibility index (Phi) is 7.56. The molecule has 32 heavy (non-hydrogen) atoms. The Morgan fingerprint density at radius 2 is 1.44 bits per heavy atom. The van der Waals surface area contributed by atoms with Crippen LogP contribution in [0.15, 0.2) is 42.5 Å². The number of thiophene rings is 1. The van der Waals surface area contributed by atoms with Crippen molar-refractivity contribution in [3.63, 3.8) is 0 Å². The summed E-state index contributed by atoms with van der Waals surface area (Å²) in [5.41, 5.74) is 1.75. The van der Waals surface area contributed by atoms with Crippen molar-refractivity contribution in [2.24, 2.45) is 0 Å². The highest BCUT2D eigenvalue weighted by Crippen LogP contribution is 2.39. The summed E-state index contributed by atoms with van der Waals surface area (Å²) in [7, 11) is 6.26. The Balaban J connectivity index is 1.81. The minimum absolute atomic E-state index is 0.0811. The molecule has 0 aliphatic heterocycles. The van der Waals surface area contributed by atoms with Crippen molar-refractivity contribution in [3.05, 3.63) is 68.6 Å². The van der Waals surface area contributed by atoms with Gasteiger partial charge in [-0.2, -0.15) is 0 Å². The van der Waals surface area contributed by atoms with E-state index in [4.69, 9.17) is 23.7 Å². The minimum Gasteiger partial charge on any atom is -0.493 e. The lowest BCUT2D eigenvalue weighted by Gasteiger charge is -2.13. The van der Waals surface area contributed by atoms with Gasteiger partial charge in [-0.25, -0.2) is 0 Å². The van der Waals surface area contributed by atoms with Gasteiger partial charge < -0.3 is 23.7 Å². The molecule has 2 aromatic carbocycles. The van der Waals surface area contributed by atoms with Crippen molar-refractivity contribution in [2.75, 3.05) is 28.4 Å². The van der Waals surface area contributed by atoms with Gasteiger partial charge in [-0.05, 0) is 41.5 Å². The molecule has 1 heterocycles. The topological polar surface area (TPSA) is 89.3 Å². The quantitative estimate of drug-likeness (QED) is 0.227. The van der Waals surface area contributed by atoms with E-state index in [1.807, 2.05) is 36.4 Å². The Hall–Kier alpha value is -3.72. The van der Waals surface area contributed by atoms with Crippen LogP contribution in [0.5, 0.6) is 28.7 Å². The van der Waals surface area contributed by atoms with E-state index in [0.717, 1.165) is 27.3 Å². The predicted octanol–water partition coefficient (Wildman–Crippen LogP) is 5.44. The number of rotatable bonds is 10. The van der Waals surface area contributed by atoms with Crippen molar-refractivity contribution >= 4 is 28.5 Å². The molecule has 8 nitrogen and oxygen atoms in total. The van der Waals surface area contributed by atoms with E-state index in [1.54, 1.807) is 40.6 Å². The highest BCUT2D eigenvalue weighted by molar-refractivity contribution is 7.15. The molecule has 3 rings (SSSR count). The summed E-state index contributed by atoms with van der Waals surface area (Å²) in [6.07, 6.45) is 3.83. The van der Waals surface area contributed by atoms with Gasteiger partial charge in [0.1, 0.15) is 6.61 Å². The van der Waals surface area contributed by atoms with Crippen molar-refractivity contribution in [3.8, 4) is 28.7 Å². The second kappa shape index (κ2) is 10.5. The van der Waals surface area contributed by atoms with Gasteiger partial charge in [-0.3, -0.25) is 10.1 Å². The molecular formula is C23H23NO7S. The molecule has 0 aliphatic carbocycles. The smallest absolute Gasteiger partial charge is 0.324 e. The van der Waals surface area contributed by atoms with Crippen LogP contribution < -0.4 is 23.7 Å². The number of nitro groups is 1. The molecule has 0 saturated carbocycles. The second-order valence-electron chi connectivity index (χ2n) is 6.49. The summed E-state index contributed by atoms with van der Waals surface area (Å²) < 4.78 is 27.4. The zero-order valence-electron chi connectivity index (χ0n) is 18.1. The van der Waals surface area contributed by atoms with Gasteiger partial charge in [0.25, 0.3) is 0 Å². The Morgan fingerprint density at radius 3 is 2.00 bits per heavy atom. The highest BCUT2D eigenvalue weighted by atomic mass is 32.1. The number of nitrogens with zero attached hydrogens (tertiary/aromatic N) is 1. The van der Waals surface area contributed by atoms with Crippen LogP contribution >= 0.6 is 11.3 Å². The van der Waals surface area contributed by atoms with E-state index in [1.165, 1.54) is 6.07 Å². The molecule has 0 spiro atoms. The number of benzene rings is 2. The maximum Gasteiger partial charge on any atom is 0.324 e. The van der Waals surface area contributed by atoms with Crippen LogP contribution in [0.1, 0.15) is 16.0 Å². The summed E-state index contributed by atoms with van der Waals surface area (Å²) in [6.45, 7) is 0.203. The van der Waals surface area contributed by atoms with Crippen LogP contribution in [-0.4, -0.2) is 33.4 Å². The molecule has 0 N–H and O–H groups in total. The number of ether oxygens (including phenoxy) is 5. The average molecular weight is 458 g/mol. The third-order valence-corrected chi connectivity index (χ3v) is 5.55. The van der Waals surface area contributed by atoms with E-state index in [0.29, 0.717) is 28.7 Å². The van der Waals surface area contributed by atoms with Gasteiger partial charge >= 0.3 is 5.00 Å². The van der Waals surface area contributed by atoms with Crippen molar-refractivity contribution in [1.82, 2.24) is 0 Å². The van der Waals surface area contributed by atoms with Crippen molar-refractivity contribution in [1.29, 1.82) is 0 Å². The maximum atomic E-state index is 10.9. The fourth-order valence-corrected chi connectivity index (χ4v) is 3.72. The van der Waals surface area contributed by atoms with E-state index >= 15 is 0 Å². The zero-order valence-corrected chi connectivity index (χ0v) is 18.9. The van der Waals surface area contributed by atoms with Crippen molar-refractivity contribution in [2.45, 2.75) is 6.61 Å². The maximum absolute atomic E-state index is 10.9. The van der Waals surface area contributed by atoms with Crippen LogP contribution in [-0.2, 0) is 6.61 Å². The van der Waals surface area contributed by atoms with E-state index in [2.05, 4.69) is 0 Å². The summed E-state index contributed by atoms with van der Waals surface area (Å²) >= 11 is 1.08. The Bertz CT molecular complexity index is 1100. The fraction of sp³-hybridized carbons (Fsp3) is 0.217. The molecule has 9 heteroatoms. The molecular weight excluding hydrogens is 434 g/mol. The molecule has 1 aromatic heterocycles. The van der Waals surface area contributed by atoms with Crippen LogP contribution in [0, 0.1) is 10.1 Å². The molecule has 0 amide bonds. The zero-order chi connectivity index (χ0) is 23.1. The van der Waals surface area contributed by atoms with Crippen LogP contribution in [0.4, 0.5) is 5.00 Å². The fourth-order valence-electron chi connectivity index (χ4n) is 2.99.